The number of nitrogens with zero attached hydrogens (tertiary/aromatic N) is 1. The minimum Gasteiger partial charge on any atom is -0.489 e. The molecule has 0 spiro atoms. The maximum atomic E-state index is 14.4. The predicted molar refractivity (Wildman–Crippen MR) is 185 cm³/mol. The van der Waals surface area contributed by atoms with Crippen LogP contribution in [0.15, 0.2) is 137 Å². The van der Waals surface area contributed by atoms with Crippen LogP contribution in [0.5, 0.6) is 11.5 Å². The smallest absolute Gasteiger partial charge is 0.235 e. The number of anilines is 3. The lowest BCUT2D eigenvalue weighted by Gasteiger charge is -2.21. The van der Waals surface area contributed by atoms with Crippen molar-refractivity contribution in [3.63, 3.8) is 0 Å². The van der Waals surface area contributed by atoms with Crippen LogP contribution >= 0.6 is 0 Å². The zero-order valence-corrected chi connectivity index (χ0v) is 26.3. The molecule has 236 valence electrons. The molecule has 6 aromatic rings. The van der Waals surface area contributed by atoms with Gasteiger partial charge in [0.2, 0.25) is 21.2 Å². The average Bonchev–Trinajstić information content (AvgIpc) is 3.46. The number of ether oxygens (including phenoxy) is 2. The van der Waals surface area contributed by atoms with Gasteiger partial charge in [0.25, 0.3) is 0 Å². The first-order valence-electron chi connectivity index (χ1n) is 15.4. The van der Waals surface area contributed by atoms with Gasteiger partial charge in [-0.3, -0.25) is 9.10 Å². The third-order valence-corrected chi connectivity index (χ3v) is 9.81. The molecular formula is C38H32N2O6S. The minimum absolute atomic E-state index is 0.0185. The lowest BCUT2D eigenvalue weighted by Crippen LogP contribution is -2.25. The van der Waals surface area contributed by atoms with E-state index in [1.807, 2.05) is 103 Å². The maximum Gasteiger partial charge on any atom is 0.235 e. The van der Waals surface area contributed by atoms with Crippen molar-refractivity contribution >= 4 is 38.1 Å². The van der Waals surface area contributed by atoms with Gasteiger partial charge in [-0.05, 0) is 66.1 Å². The van der Waals surface area contributed by atoms with Crippen LogP contribution < -0.4 is 24.5 Å². The molecule has 0 atom stereocenters. The first-order valence-corrected chi connectivity index (χ1v) is 17.0. The molecule has 1 N–H and O–H groups in total. The summed E-state index contributed by atoms with van der Waals surface area (Å²) < 4.78 is 46.5. The Kier molecular flexibility index (Phi) is 8.37. The van der Waals surface area contributed by atoms with Crippen LogP contribution in [0.4, 0.5) is 17.1 Å². The number of nitrogens with one attached hydrogen (secondary N) is 1. The summed E-state index contributed by atoms with van der Waals surface area (Å²) in [5, 5.41) is 3.52. The minimum atomic E-state index is -3.61. The second-order valence-corrected chi connectivity index (χ2v) is 13.3. The fourth-order valence-corrected chi connectivity index (χ4v) is 7.17. The van der Waals surface area contributed by atoms with Gasteiger partial charge in [-0.2, -0.15) is 0 Å². The van der Waals surface area contributed by atoms with Gasteiger partial charge in [0.05, 0.1) is 16.8 Å². The molecule has 0 bridgehead atoms. The van der Waals surface area contributed by atoms with Crippen molar-refractivity contribution in [2.45, 2.75) is 19.6 Å². The summed E-state index contributed by atoms with van der Waals surface area (Å²) in [4.78, 5) is 14.4. The second kappa shape index (κ2) is 13.1. The van der Waals surface area contributed by atoms with Gasteiger partial charge >= 0.3 is 0 Å². The van der Waals surface area contributed by atoms with Gasteiger partial charge in [0.1, 0.15) is 19.0 Å². The molecule has 1 aliphatic heterocycles. The zero-order chi connectivity index (χ0) is 32.2. The third-order valence-electron chi connectivity index (χ3n) is 7.95. The van der Waals surface area contributed by atoms with Crippen LogP contribution in [0.25, 0.3) is 22.3 Å². The van der Waals surface area contributed by atoms with Crippen LogP contribution in [0, 0.1) is 0 Å². The topological polar surface area (TPSA) is 98.1 Å². The fraction of sp³-hybridized carbons (Fsp3) is 0.132. The Labute approximate surface area is 272 Å². The first-order chi connectivity index (χ1) is 22.9. The van der Waals surface area contributed by atoms with Crippen LogP contribution in [-0.2, 0) is 23.2 Å². The molecule has 2 heterocycles. The highest BCUT2D eigenvalue weighted by molar-refractivity contribution is 7.93. The van der Waals surface area contributed by atoms with Gasteiger partial charge in [0.15, 0.2) is 11.3 Å². The number of fused-ring (bicyclic) bond motifs is 1. The second-order valence-electron chi connectivity index (χ2n) is 11.3. The average molecular weight is 645 g/mol. The van der Waals surface area contributed by atoms with Crippen LogP contribution in [-0.4, -0.2) is 20.7 Å². The van der Waals surface area contributed by atoms with E-state index in [9.17, 15) is 13.2 Å². The Hall–Kier alpha value is -5.54. The molecule has 0 saturated carbocycles. The first kappa shape index (κ1) is 30.1. The third kappa shape index (κ3) is 6.57. The van der Waals surface area contributed by atoms with Crippen LogP contribution in [0.2, 0.25) is 0 Å². The van der Waals surface area contributed by atoms with E-state index < -0.39 is 15.5 Å². The van der Waals surface area contributed by atoms with E-state index >= 15 is 0 Å². The summed E-state index contributed by atoms with van der Waals surface area (Å²) in [6, 6.07) is 39.5. The van der Waals surface area contributed by atoms with Crippen LogP contribution in [0.1, 0.15) is 17.5 Å². The normalized spacial score (nSPS) is 13.8. The van der Waals surface area contributed by atoms with Crippen molar-refractivity contribution in [2.75, 3.05) is 21.9 Å². The standard InChI is InChI=1S/C38H32N2O6S/c41-35-33-23-31(39-30-15-8-3-9-16-30)24-34(40-21-10-22-47(40,42)43)37(33)46-36(38(35)45-26-28-13-6-2-7-14-28)29-17-19-32(20-18-29)44-25-27-11-4-1-5-12-27/h1-9,11-20,23-24,39H,10,21-22,25-26H2. The van der Waals surface area contributed by atoms with Crippen molar-refractivity contribution in [3.05, 3.63) is 149 Å². The van der Waals surface area contributed by atoms with Crippen molar-refractivity contribution in [1.29, 1.82) is 0 Å². The summed E-state index contributed by atoms with van der Waals surface area (Å²) in [5.74, 6) is 0.902. The van der Waals surface area contributed by atoms with E-state index in [1.54, 1.807) is 24.3 Å². The quantitative estimate of drug-likeness (QED) is 0.162. The Morgan fingerprint density at radius 1 is 0.723 bits per heavy atom. The molecule has 0 aliphatic carbocycles. The van der Waals surface area contributed by atoms with Gasteiger partial charge in [-0.15, -0.1) is 0 Å². The van der Waals surface area contributed by atoms with Gasteiger partial charge in [-0.1, -0.05) is 78.9 Å². The number of benzene rings is 5. The summed E-state index contributed by atoms with van der Waals surface area (Å²) >= 11 is 0. The number of hydrogen-bond donors (Lipinski definition) is 1. The molecule has 7 rings (SSSR count). The molecule has 0 amide bonds. The maximum absolute atomic E-state index is 14.4. The molecule has 0 unspecified atom stereocenters. The monoisotopic (exact) mass is 644 g/mol. The number of para-hydroxylation sites is 1. The fourth-order valence-electron chi connectivity index (χ4n) is 5.61. The van der Waals surface area contributed by atoms with E-state index in [1.165, 1.54) is 4.31 Å². The van der Waals surface area contributed by atoms with Crippen molar-refractivity contribution in [1.82, 2.24) is 0 Å². The van der Waals surface area contributed by atoms with Gasteiger partial charge in [-0.25, -0.2) is 8.42 Å². The van der Waals surface area contributed by atoms with E-state index in [0.29, 0.717) is 35.7 Å². The van der Waals surface area contributed by atoms with E-state index in [4.69, 9.17) is 13.9 Å². The SMILES string of the molecule is O=c1c(OCc2ccccc2)c(-c2ccc(OCc3ccccc3)cc2)oc2c(N3CCCS3(=O)=O)cc(Nc3ccccc3)cc12. The van der Waals surface area contributed by atoms with Crippen LogP contribution in [0.3, 0.4) is 0 Å². The predicted octanol–water partition coefficient (Wildman–Crippen LogP) is 7.90. The number of sulfonamides is 1. The molecule has 0 radical (unpaired) electrons. The number of rotatable bonds is 10. The van der Waals surface area contributed by atoms with Gasteiger partial charge < -0.3 is 19.2 Å². The molecule has 1 aliphatic rings. The highest BCUT2D eigenvalue weighted by atomic mass is 32.2. The Morgan fingerprint density at radius 3 is 1.96 bits per heavy atom. The Morgan fingerprint density at radius 2 is 1.34 bits per heavy atom. The largest absolute Gasteiger partial charge is 0.489 e. The Bertz CT molecular complexity index is 2170. The van der Waals surface area contributed by atoms with E-state index in [0.717, 1.165) is 16.8 Å². The highest BCUT2D eigenvalue weighted by Gasteiger charge is 2.32. The van der Waals surface area contributed by atoms with Crippen molar-refractivity contribution in [2.24, 2.45) is 0 Å². The lowest BCUT2D eigenvalue weighted by atomic mass is 10.1. The molecule has 47 heavy (non-hydrogen) atoms. The summed E-state index contributed by atoms with van der Waals surface area (Å²) in [6.07, 6.45) is 0.472. The van der Waals surface area contributed by atoms with Gasteiger partial charge in [0, 0.05) is 23.5 Å². The number of hydrogen-bond acceptors (Lipinski definition) is 7. The zero-order valence-electron chi connectivity index (χ0n) is 25.5. The summed E-state index contributed by atoms with van der Waals surface area (Å²) in [6.45, 7) is 0.826. The van der Waals surface area contributed by atoms with E-state index in [-0.39, 0.29) is 41.4 Å². The van der Waals surface area contributed by atoms with Crippen molar-refractivity contribution in [3.8, 4) is 22.8 Å². The van der Waals surface area contributed by atoms with Crippen molar-refractivity contribution < 1.29 is 22.3 Å². The molecule has 1 aromatic heterocycles. The summed E-state index contributed by atoms with van der Waals surface area (Å²) in [5.41, 5.74) is 3.91. The molecule has 8 nitrogen and oxygen atoms in total. The molecular weight excluding hydrogens is 612 g/mol. The lowest BCUT2D eigenvalue weighted by molar-refractivity contribution is 0.297. The Balaban J connectivity index is 1.35. The molecule has 1 fully saturated rings. The molecule has 9 heteroatoms. The molecule has 5 aromatic carbocycles. The molecule has 1 saturated heterocycles. The highest BCUT2D eigenvalue weighted by Crippen LogP contribution is 2.40. The summed E-state index contributed by atoms with van der Waals surface area (Å²) in [7, 11) is -3.61. The van der Waals surface area contributed by atoms with E-state index in [2.05, 4.69) is 5.32 Å².